The normalized spacial score (nSPS) is 11.2. The van der Waals surface area contributed by atoms with Gasteiger partial charge in [0.25, 0.3) is 5.91 Å². The zero-order valence-corrected chi connectivity index (χ0v) is 12.6. The molecule has 1 N–H and O–H groups in total. The van der Waals surface area contributed by atoms with Crippen LogP contribution in [0.4, 0.5) is 0 Å². The quantitative estimate of drug-likeness (QED) is 0.877. The van der Waals surface area contributed by atoms with Crippen molar-refractivity contribution in [2.24, 2.45) is 0 Å². The van der Waals surface area contributed by atoms with Crippen molar-refractivity contribution in [3.8, 4) is 0 Å². The Morgan fingerprint density at radius 2 is 1.62 bits per heavy atom. The molecule has 0 aliphatic heterocycles. The van der Waals surface area contributed by atoms with Gasteiger partial charge in [-0.1, -0.05) is 48.5 Å². The SMILES string of the molecule is C/C=C(\CCc1ccccc1)c1ccc(C(=O)NC)cc1. The number of nitrogens with one attached hydrogen (secondary N) is 1. The lowest BCUT2D eigenvalue weighted by Gasteiger charge is -2.09. The molecule has 2 rings (SSSR count). The van der Waals surface area contributed by atoms with Crippen molar-refractivity contribution in [1.29, 1.82) is 0 Å². The van der Waals surface area contributed by atoms with Crippen molar-refractivity contribution >= 4 is 11.5 Å². The van der Waals surface area contributed by atoms with Gasteiger partial charge in [0.05, 0.1) is 0 Å². The van der Waals surface area contributed by atoms with Crippen LogP contribution in [-0.2, 0) is 6.42 Å². The molecule has 21 heavy (non-hydrogen) atoms. The Morgan fingerprint density at radius 1 is 1.00 bits per heavy atom. The molecule has 1 amide bonds. The van der Waals surface area contributed by atoms with Crippen molar-refractivity contribution in [2.45, 2.75) is 19.8 Å². The molecule has 0 saturated carbocycles. The Kier molecular flexibility index (Phi) is 5.33. The minimum absolute atomic E-state index is 0.0483. The molecule has 0 heterocycles. The van der Waals surface area contributed by atoms with Gasteiger partial charge in [-0.05, 0) is 48.6 Å². The van der Waals surface area contributed by atoms with E-state index in [2.05, 4.69) is 42.6 Å². The molecular weight excluding hydrogens is 258 g/mol. The van der Waals surface area contributed by atoms with E-state index in [0.29, 0.717) is 5.56 Å². The van der Waals surface area contributed by atoms with Crippen LogP contribution in [0.2, 0.25) is 0 Å². The van der Waals surface area contributed by atoms with Crippen LogP contribution >= 0.6 is 0 Å². The van der Waals surface area contributed by atoms with E-state index >= 15 is 0 Å². The van der Waals surface area contributed by atoms with Crippen LogP contribution in [0.3, 0.4) is 0 Å². The highest BCUT2D eigenvalue weighted by atomic mass is 16.1. The number of benzene rings is 2. The van der Waals surface area contributed by atoms with Crippen molar-refractivity contribution < 1.29 is 4.79 Å². The predicted octanol–water partition coefficient (Wildman–Crippen LogP) is 4.08. The van der Waals surface area contributed by atoms with Crippen LogP contribution in [0, 0.1) is 0 Å². The Morgan fingerprint density at radius 3 is 2.19 bits per heavy atom. The van der Waals surface area contributed by atoms with Gasteiger partial charge >= 0.3 is 0 Å². The Hall–Kier alpha value is -2.35. The van der Waals surface area contributed by atoms with E-state index in [1.807, 2.05) is 30.3 Å². The molecule has 0 saturated heterocycles. The van der Waals surface area contributed by atoms with E-state index in [0.717, 1.165) is 12.8 Å². The number of carbonyl (C=O) groups excluding carboxylic acids is 1. The molecule has 2 aromatic rings. The molecule has 2 heteroatoms. The summed E-state index contributed by atoms with van der Waals surface area (Å²) in [5.74, 6) is -0.0483. The number of hydrogen-bond acceptors (Lipinski definition) is 1. The molecule has 2 nitrogen and oxygen atoms in total. The third-order valence-corrected chi connectivity index (χ3v) is 3.62. The van der Waals surface area contributed by atoms with Gasteiger partial charge < -0.3 is 5.32 Å². The molecule has 0 atom stereocenters. The molecule has 0 fully saturated rings. The first-order valence-electron chi connectivity index (χ1n) is 7.26. The maximum atomic E-state index is 11.5. The highest BCUT2D eigenvalue weighted by Crippen LogP contribution is 2.21. The maximum Gasteiger partial charge on any atom is 0.251 e. The second-order valence-corrected chi connectivity index (χ2v) is 4.96. The third-order valence-electron chi connectivity index (χ3n) is 3.62. The van der Waals surface area contributed by atoms with Crippen molar-refractivity contribution in [1.82, 2.24) is 5.32 Å². The van der Waals surface area contributed by atoms with Gasteiger partial charge in [-0.25, -0.2) is 0 Å². The lowest BCUT2D eigenvalue weighted by molar-refractivity contribution is 0.0963. The summed E-state index contributed by atoms with van der Waals surface area (Å²) in [4.78, 5) is 11.5. The van der Waals surface area contributed by atoms with E-state index in [1.54, 1.807) is 7.05 Å². The van der Waals surface area contributed by atoms with Gasteiger partial charge in [-0.3, -0.25) is 4.79 Å². The van der Waals surface area contributed by atoms with Gasteiger partial charge in [0.2, 0.25) is 0 Å². The summed E-state index contributed by atoms with van der Waals surface area (Å²) in [5, 5.41) is 2.64. The number of hydrogen-bond donors (Lipinski definition) is 1. The topological polar surface area (TPSA) is 29.1 Å². The van der Waals surface area contributed by atoms with E-state index in [4.69, 9.17) is 0 Å². The summed E-state index contributed by atoms with van der Waals surface area (Å²) in [6, 6.07) is 18.3. The molecule has 2 aromatic carbocycles. The molecule has 0 unspecified atom stereocenters. The number of aryl methyl sites for hydroxylation is 1. The van der Waals surface area contributed by atoms with Crippen LogP contribution < -0.4 is 5.32 Å². The van der Waals surface area contributed by atoms with E-state index in [1.165, 1.54) is 16.7 Å². The Labute approximate surface area is 126 Å². The van der Waals surface area contributed by atoms with E-state index < -0.39 is 0 Å². The third kappa shape index (κ3) is 4.06. The smallest absolute Gasteiger partial charge is 0.251 e. The Balaban J connectivity index is 2.06. The molecule has 0 aliphatic rings. The zero-order valence-electron chi connectivity index (χ0n) is 12.6. The largest absolute Gasteiger partial charge is 0.355 e. The molecular formula is C19H21NO. The highest BCUT2D eigenvalue weighted by Gasteiger charge is 2.05. The van der Waals surface area contributed by atoms with E-state index in [9.17, 15) is 4.79 Å². The molecule has 0 spiro atoms. The fraction of sp³-hybridized carbons (Fsp3) is 0.211. The average Bonchev–Trinajstić information content (AvgIpc) is 2.56. The van der Waals surface area contributed by atoms with Crippen molar-refractivity contribution in [3.63, 3.8) is 0 Å². The van der Waals surface area contributed by atoms with Crippen LogP contribution in [0.15, 0.2) is 60.7 Å². The van der Waals surface area contributed by atoms with Gasteiger partial charge in [0.15, 0.2) is 0 Å². The minimum Gasteiger partial charge on any atom is -0.355 e. The van der Waals surface area contributed by atoms with Crippen LogP contribution in [0.25, 0.3) is 5.57 Å². The van der Waals surface area contributed by atoms with E-state index in [-0.39, 0.29) is 5.91 Å². The standard InChI is InChI=1S/C19H21NO/c1-3-16(10-9-15-7-5-4-6-8-15)17-11-13-18(14-12-17)19(21)20-2/h3-8,11-14H,9-10H2,1-2H3,(H,20,21)/b16-3+. The fourth-order valence-electron chi connectivity index (χ4n) is 2.36. The molecule has 0 bridgehead atoms. The molecule has 0 radical (unpaired) electrons. The summed E-state index contributed by atoms with van der Waals surface area (Å²) >= 11 is 0. The van der Waals surface area contributed by atoms with Crippen LogP contribution in [-0.4, -0.2) is 13.0 Å². The van der Waals surface area contributed by atoms with Crippen molar-refractivity contribution in [3.05, 3.63) is 77.4 Å². The summed E-state index contributed by atoms with van der Waals surface area (Å²) < 4.78 is 0. The number of amides is 1. The van der Waals surface area contributed by atoms with Gasteiger partial charge in [0.1, 0.15) is 0 Å². The monoisotopic (exact) mass is 279 g/mol. The minimum atomic E-state index is -0.0483. The first-order chi connectivity index (χ1) is 10.2. The van der Waals surface area contributed by atoms with Gasteiger partial charge in [-0.2, -0.15) is 0 Å². The summed E-state index contributed by atoms with van der Waals surface area (Å²) in [6.07, 6.45) is 4.18. The first kappa shape index (κ1) is 15.0. The molecule has 0 aromatic heterocycles. The van der Waals surface area contributed by atoms with Gasteiger partial charge in [0, 0.05) is 12.6 Å². The highest BCUT2D eigenvalue weighted by molar-refractivity contribution is 5.94. The number of allylic oxidation sites excluding steroid dienone is 2. The predicted molar refractivity (Wildman–Crippen MR) is 88.2 cm³/mol. The van der Waals surface area contributed by atoms with Gasteiger partial charge in [-0.15, -0.1) is 0 Å². The van der Waals surface area contributed by atoms with Crippen LogP contribution in [0.1, 0.15) is 34.8 Å². The zero-order chi connectivity index (χ0) is 15.1. The first-order valence-corrected chi connectivity index (χ1v) is 7.26. The lowest BCUT2D eigenvalue weighted by atomic mass is 9.97. The van der Waals surface area contributed by atoms with Crippen LogP contribution in [0.5, 0.6) is 0 Å². The summed E-state index contributed by atoms with van der Waals surface area (Å²) in [5.41, 5.74) is 4.53. The summed E-state index contributed by atoms with van der Waals surface area (Å²) in [6.45, 7) is 2.06. The number of carbonyl (C=O) groups is 1. The second kappa shape index (κ2) is 7.44. The molecule has 108 valence electrons. The number of rotatable bonds is 5. The Bertz CT molecular complexity index is 612. The average molecular weight is 279 g/mol. The van der Waals surface area contributed by atoms with Crippen molar-refractivity contribution in [2.75, 3.05) is 7.05 Å². The molecule has 0 aliphatic carbocycles. The summed E-state index contributed by atoms with van der Waals surface area (Å²) in [7, 11) is 1.65. The fourth-order valence-corrected chi connectivity index (χ4v) is 2.36. The maximum absolute atomic E-state index is 11.5. The second-order valence-electron chi connectivity index (χ2n) is 4.96. The lowest BCUT2D eigenvalue weighted by Crippen LogP contribution is -2.17.